The van der Waals surface area contributed by atoms with Gasteiger partial charge in [-0.05, 0) is 18.2 Å². The van der Waals surface area contributed by atoms with Gasteiger partial charge in [-0.15, -0.1) is 0 Å². The fourth-order valence-electron chi connectivity index (χ4n) is 1.73. The predicted octanol–water partition coefficient (Wildman–Crippen LogP) is 3.00. The number of benzene rings is 2. The van der Waals surface area contributed by atoms with Crippen molar-refractivity contribution in [3.63, 3.8) is 0 Å². The molecule has 20 heavy (non-hydrogen) atoms. The molecule has 0 saturated carbocycles. The number of hydrogen-bond donors (Lipinski definition) is 0. The van der Waals surface area contributed by atoms with E-state index in [1.54, 1.807) is 6.07 Å². The van der Waals surface area contributed by atoms with Crippen molar-refractivity contribution < 1.29 is 4.92 Å². The molecule has 0 spiro atoms. The van der Waals surface area contributed by atoms with Crippen LogP contribution in [0.4, 0.5) is 5.69 Å². The Hall–Kier alpha value is -2.78. The summed E-state index contributed by atoms with van der Waals surface area (Å²) in [5.41, 5.74) is 2.25. The molecule has 3 rings (SSSR count). The minimum atomic E-state index is -0.451. The second kappa shape index (κ2) is 5.07. The van der Waals surface area contributed by atoms with Gasteiger partial charge in [0, 0.05) is 11.6 Å². The molecular weight excluding hydrogens is 274 g/mol. The summed E-state index contributed by atoms with van der Waals surface area (Å²) >= 11 is 1.03. The van der Waals surface area contributed by atoms with E-state index in [0.29, 0.717) is 16.6 Å². The average molecular weight is 281 g/mol. The molecule has 0 aliphatic rings. The summed E-state index contributed by atoms with van der Waals surface area (Å²) in [6.07, 6.45) is 0. The highest BCUT2D eigenvalue weighted by Crippen LogP contribution is 2.24. The van der Waals surface area contributed by atoms with Gasteiger partial charge in [0.15, 0.2) is 0 Å². The summed E-state index contributed by atoms with van der Waals surface area (Å²) in [6.45, 7) is 0. The van der Waals surface area contributed by atoms with Crippen LogP contribution in [-0.4, -0.2) is 13.7 Å². The molecule has 96 valence electrons. The third-order valence-corrected chi connectivity index (χ3v) is 3.24. The van der Waals surface area contributed by atoms with Crippen LogP contribution < -0.4 is 0 Å². The second-order valence-electron chi connectivity index (χ2n) is 4.00. The smallest absolute Gasteiger partial charge is 0.258 e. The monoisotopic (exact) mass is 281 g/mol. The normalized spacial score (nSPS) is 10.0. The SMILES string of the molecule is O=[N+]([O-])c1cc2nsnc2cc1C#Cc1ccccc1. The molecule has 0 amide bonds. The molecule has 0 aliphatic carbocycles. The zero-order valence-corrected chi connectivity index (χ0v) is 10.9. The molecule has 2 aromatic carbocycles. The largest absolute Gasteiger partial charge is 0.287 e. The highest BCUT2D eigenvalue weighted by Gasteiger charge is 2.15. The van der Waals surface area contributed by atoms with E-state index >= 15 is 0 Å². The first-order valence-electron chi connectivity index (χ1n) is 5.72. The Morgan fingerprint density at radius 3 is 2.45 bits per heavy atom. The highest BCUT2D eigenvalue weighted by atomic mass is 32.1. The van der Waals surface area contributed by atoms with Crippen molar-refractivity contribution in [3.8, 4) is 11.8 Å². The van der Waals surface area contributed by atoms with Crippen LogP contribution in [0.5, 0.6) is 0 Å². The second-order valence-corrected chi connectivity index (χ2v) is 4.52. The van der Waals surface area contributed by atoms with Crippen LogP contribution in [0.3, 0.4) is 0 Å². The van der Waals surface area contributed by atoms with E-state index in [9.17, 15) is 10.1 Å². The summed E-state index contributed by atoms with van der Waals surface area (Å²) in [6, 6.07) is 12.3. The van der Waals surface area contributed by atoms with Crippen LogP contribution >= 0.6 is 11.7 Å². The van der Waals surface area contributed by atoms with Gasteiger partial charge in [0.1, 0.15) is 16.6 Å². The number of nitrogens with zero attached hydrogens (tertiary/aromatic N) is 3. The third-order valence-electron chi connectivity index (χ3n) is 2.68. The average Bonchev–Trinajstić information content (AvgIpc) is 2.92. The third kappa shape index (κ3) is 2.35. The van der Waals surface area contributed by atoms with Crippen molar-refractivity contribution in [3.05, 3.63) is 63.7 Å². The predicted molar refractivity (Wildman–Crippen MR) is 76.5 cm³/mol. The lowest BCUT2D eigenvalue weighted by molar-refractivity contribution is -0.385. The summed E-state index contributed by atoms with van der Waals surface area (Å²) in [5.74, 6) is 5.75. The van der Waals surface area contributed by atoms with Gasteiger partial charge in [-0.3, -0.25) is 10.1 Å². The quantitative estimate of drug-likeness (QED) is 0.390. The van der Waals surface area contributed by atoms with E-state index in [0.717, 1.165) is 17.3 Å². The van der Waals surface area contributed by atoms with Crippen molar-refractivity contribution in [2.24, 2.45) is 0 Å². The van der Waals surface area contributed by atoms with Crippen molar-refractivity contribution in [2.75, 3.05) is 0 Å². The summed E-state index contributed by atoms with van der Waals surface area (Å²) < 4.78 is 8.07. The molecule has 0 aliphatic heterocycles. The molecule has 5 nitrogen and oxygen atoms in total. The molecule has 0 radical (unpaired) electrons. The van der Waals surface area contributed by atoms with E-state index in [1.165, 1.54) is 6.07 Å². The van der Waals surface area contributed by atoms with Crippen molar-refractivity contribution in [1.29, 1.82) is 0 Å². The maximum Gasteiger partial charge on any atom is 0.287 e. The number of nitro groups is 1. The fraction of sp³-hybridized carbons (Fsp3) is 0. The maximum atomic E-state index is 11.1. The van der Waals surface area contributed by atoms with Gasteiger partial charge in [0.05, 0.1) is 16.7 Å². The van der Waals surface area contributed by atoms with Gasteiger partial charge in [0.2, 0.25) is 0 Å². The van der Waals surface area contributed by atoms with Gasteiger partial charge in [-0.1, -0.05) is 30.0 Å². The topological polar surface area (TPSA) is 68.9 Å². The maximum absolute atomic E-state index is 11.1. The Bertz CT molecular complexity index is 847. The number of fused-ring (bicyclic) bond motifs is 1. The first-order chi connectivity index (χ1) is 9.74. The highest BCUT2D eigenvalue weighted by molar-refractivity contribution is 7.00. The van der Waals surface area contributed by atoms with Gasteiger partial charge in [0.25, 0.3) is 5.69 Å². The first kappa shape index (κ1) is 12.3. The lowest BCUT2D eigenvalue weighted by Crippen LogP contribution is -1.92. The molecule has 1 heterocycles. The molecule has 0 saturated heterocycles. The number of aromatic nitrogens is 2. The van der Waals surface area contributed by atoms with Crippen molar-refractivity contribution in [1.82, 2.24) is 8.75 Å². The Morgan fingerprint density at radius 2 is 1.75 bits per heavy atom. The van der Waals surface area contributed by atoms with E-state index in [4.69, 9.17) is 0 Å². The van der Waals surface area contributed by atoms with E-state index in [1.807, 2.05) is 30.3 Å². The lowest BCUT2D eigenvalue weighted by Gasteiger charge is -1.95. The molecule has 0 N–H and O–H groups in total. The van der Waals surface area contributed by atoms with Crippen LogP contribution in [-0.2, 0) is 0 Å². The van der Waals surface area contributed by atoms with Gasteiger partial charge < -0.3 is 0 Å². The molecule has 6 heteroatoms. The van der Waals surface area contributed by atoms with Crippen LogP contribution in [0.1, 0.15) is 11.1 Å². The van der Waals surface area contributed by atoms with Crippen LogP contribution in [0.2, 0.25) is 0 Å². The fourth-order valence-corrected chi connectivity index (χ4v) is 2.24. The molecular formula is C14H7N3O2S. The van der Waals surface area contributed by atoms with Gasteiger partial charge >= 0.3 is 0 Å². The Morgan fingerprint density at radius 1 is 1.05 bits per heavy atom. The summed E-state index contributed by atoms with van der Waals surface area (Å²) in [4.78, 5) is 10.6. The van der Waals surface area contributed by atoms with Gasteiger partial charge in [-0.2, -0.15) is 8.75 Å². The number of rotatable bonds is 1. The standard InChI is InChI=1S/C14H7N3O2S/c18-17(19)14-9-13-12(15-20-16-13)8-11(14)7-6-10-4-2-1-3-5-10/h1-5,8-9H. The summed E-state index contributed by atoms with van der Waals surface area (Å²) in [5, 5.41) is 11.1. The first-order valence-corrected chi connectivity index (χ1v) is 6.45. The Labute approximate surface area is 118 Å². The molecule has 1 aromatic heterocycles. The van der Waals surface area contributed by atoms with E-state index in [2.05, 4.69) is 20.6 Å². The number of hydrogen-bond acceptors (Lipinski definition) is 5. The Kier molecular flexibility index (Phi) is 3.11. The van der Waals surface area contributed by atoms with Crippen LogP contribution in [0.15, 0.2) is 42.5 Å². The minimum Gasteiger partial charge on any atom is -0.258 e. The van der Waals surface area contributed by atoms with Crippen LogP contribution in [0, 0.1) is 22.0 Å². The zero-order valence-electron chi connectivity index (χ0n) is 10.1. The van der Waals surface area contributed by atoms with Crippen LogP contribution in [0.25, 0.3) is 11.0 Å². The minimum absolute atomic E-state index is 0.0476. The van der Waals surface area contributed by atoms with E-state index < -0.39 is 4.92 Å². The number of nitro benzene ring substituents is 1. The molecule has 0 bridgehead atoms. The molecule has 3 aromatic rings. The Balaban J connectivity index is 2.12. The van der Waals surface area contributed by atoms with Gasteiger partial charge in [-0.25, -0.2) is 0 Å². The lowest BCUT2D eigenvalue weighted by atomic mass is 10.1. The molecule has 0 atom stereocenters. The summed E-state index contributed by atoms with van der Waals surface area (Å²) in [7, 11) is 0. The zero-order chi connectivity index (χ0) is 13.9. The van der Waals surface area contributed by atoms with Crippen molar-refractivity contribution in [2.45, 2.75) is 0 Å². The van der Waals surface area contributed by atoms with Crippen molar-refractivity contribution >= 4 is 28.4 Å². The van der Waals surface area contributed by atoms with E-state index in [-0.39, 0.29) is 5.69 Å². The molecule has 0 unspecified atom stereocenters. The molecule has 0 fully saturated rings.